The van der Waals surface area contributed by atoms with Crippen LogP contribution >= 0.6 is 0 Å². The molecule has 4 heteroatoms. The first kappa shape index (κ1) is 15.0. The predicted octanol–water partition coefficient (Wildman–Crippen LogP) is 3.24. The molecule has 0 aliphatic heterocycles. The van der Waals surface area contributed by atoms with Crippen molar-refractivity contribution in [3.63, 3.8) is 0 Å². The molecule has 3 nitrogen and oxygen atoms in total. The van der Waals surface area contributed by atoms with E-state index in [4.69, 9.17) is 0 Å². The number of methoxy groups -OCH3 is 1. The van der Waals surface area contributed by atoms with E-state index in [1.807, 2.05) is 13.0 Å². The van der Waals surface area contributed by atoms with E-state index < -0.39 is 16.8 Å². The summed E-state index contributed by atoms with van der Waals surface area (Å²) in [7, 11) is 0.0493. The molecule has 3 rings (SSSR count). The molecule has 1 aliphatic carbocycles. The SMILES string of the molecule is COC(=O)CS(=O)C(C)c1ccc2c(c1)Cc1ccccc1-2. The zero-order chi connectivity index (χ0) is 15.7. The summed E-state index contributed by atoms with van der Waals surface area (Å²) in [5.74, 6) is -0.492. The molecule has 0 saturated carbocycles. The van der Waals surface area contributed by atoms with E-state index in [0.29, 0.717) is 0 Å². The number of hydrogen-bond donors (Lipinski definition) is 0. The van der Waals surface area contributed by atoms with Gasteiger partial charge in [0.15, 0.2) is 0 Å². The molecule has 2 aromatic carbocycles. The maximum Gasteiger partial charge on any atom is 0.318 e. The summed E-state index contributed by atoms with van der Waals surface area (Å²) in [6.45, 7) is 1.89. The van der Waals surface area contributed by atoms with Crippen LogP contribution in [-0.2, 0) is 26.8 Å². The second kappa shape index (κ2) is 6.05. The number of carbonyl (C=O) groups excluding carboxylic acids is 1. The van der Waals surface area contributed by atoms with Crippen LogP contribution in [0.4, 0.5) is 0 Å². The number of benzene rings is 2. The molecular weight excluding hydrogens is 296 g/mol. The Hall–Kier alpha value is -1.94. The molecule has 0 radical (unpaired) electrons. The van der Waals surface area contributed by atoms with E-state index in [0.717, 1.165) is 12.0 Å². The van der Waals surface area contributed by atoms with Crippen LogP contribution in [0.15, 0.2) is 42.5 Å². The van der Waals surface area contributed by atoms with E-state index in [-0.39, 0.29) is 11.0 Å². The largest absolute Gasteiger partial charge is 0.468 e. The summed E-state index contributed by atoms with van der Waals surface area (Å²) in [6, 6.07) is 14.6. The van der Waals surface area contributed by atoms with Crippen molar-refractivity contribution in [3.8, 4) is 11.1 Å². The Balaban J connectivity index is 1.85. The molecule has 2 atom stereocenters. The number of ether oxygens (including phenoxy) is 1. The number of fused-ring (bicyclic) bond motifs is 3. The summed E-state index contributed by atoms with van der Waals surface area (Å²) in [5.41, 5.74) is 6.14. The van der Waals surface area contributed by atoms with Gasteiger partial charge in [0.2, 0.25) is 0 Å². The second-order valence-electron chi connectivity index (χ2n) is 5.49. The van der Waals surface area contributed by atoms with Crippen molar-refractivity contribution in [1.82, 2.24) is 0 Å². The summed E-state index contributed by atoms with van der Waals surface area (Å²) in [5, 5.41) is -0.187. The Morgan fingerprint density at radius 2 is 1.91 bits per heavy atom. The fourth-order valence-electron chi connectivity index (χ4n) is 2.87. The minimum absolute atomic E-state index is 0.0605. The molecular formula is C18H18O3S. The second-order valence-corrected chi connectivity index (χ2v) is 7.25. The highest BCUT2D eigenvalue weighted by molar-refractivity contribution is 7.85. The van der Waals surface area contributed by atoms with Gasteiger partial charge in [-0.3, -0.25) is 9.00 Å². The highest BCUT2D eigenvalue weighted by atomic mass is 32.2. The van der Waals surface area contributed by atoms with E-state index >= 15 is 0 Å². The van der Waals surface area contributed by atoms with Gasteiger partial charge in [-0.15, -0.1) is 0 Å². The first-order chi connectivity index (χ1) is 10.6. The van der Waals surface area contributed by atoms with E-state index in [1.54, 1.807) is 0 Å². The lowest BCUT2D eigenvalue weighted by Crippen LogP contribution is -2.16. The molecule has 22 heavy (non-hydrogen) atoms. The van der Waals surface area contributed by atoms with Crippen LogP contribution in [0, 0.1) is 0 Å². The van der Waals surface area contributed by atoms with Crippen LogP contribution in [0.2, 0.25) is 0 Å². The lowest BCUT2D eigenvalue weighted by atomic mass is 10.0. The summed E-state index contributed by atoms with van der Waals surface area (Å²) < 4.78 is 16.8. The molecule has 0 spiro atoms. The summed E-state index contributed by atoms with van der Waals surface area (Å²) in [6.07, 6.45) is 0.912. The molecule has 0 saturated heterocycles. The molecule has 2 aromatic rings. The van der Waals surface area contributed by atoms with E-state index in [1.165, 1.54) is 29.4 Å². The Labute approximate surface area is 132 Å². The van der Waals surface area contributed by atoms with Crippen molar-refractivity contribution in [2.75, 3.05) is 12.9 Å². The third-order valence-corrected chi connectivity index (χ3v) is 5.75. The van der Waals surface area contributed by atoms with Gasteiger partial charge in [0.1, 0.15) is 5.75 Å². The maximum atomic E-state index is 12.2. The van der Waals surface area contributed by atoms with Crippen LogP contribution in [0.25, 0.3) is 11.1 Å². The van der Waals surface area contributed by atoms with Crippen molar-refractivity contribution in [3.05, 3.63) is 59.2 Å². The minimum atomic E-state index is -1.27. The summed E-state index contributed by atoms with van der Waals surface area (Å²) >= 11 is 0. The van der Waals surface area contributed by atoms with Crippen LogP contribution < -0.4 is 0 Å². The van der Waals surface area contributed by atoms with Gasteiger partial charge in [-0.05, 0) is 41.2 Å². The van der Waals surface area contributed by atoms with Gasteiger partial charge in [-0.1, -0.05) is 42.5 Å². The fraction of sp³-hybridized carbons (Fsp3) is 0.278. The van der Waals surface area contributed by atoms with Gasteiger partial charge in [0, 0.05) is 10.8 Å². The monoisotopic (exact) mass is 314 g/mol. The van der Waals surface area contributed by atoms with Gasteiger partial charge in [-0.2, -0.15) is 0 Å². The third kappa shape index (κ3) is 2.71. The molecule has 0 heterocycles. The number of rotatable bonds is 4. The first-order valence-electron chi connectivity index (χ1n) is 7.25. The Morgan fingerprint density at radius 1 is 1.18 bits per heavy atom. The normalized spacial score (nSPS) is 14.8. The summed E-state index contributed by atoms with van der Waals surface area (Å²) in [4.78, 5) is 11.3. The highest BCUT2D eigenvalue weighted by Gasteiger charge is 2.22. The predicted molar refractivity (Wildman–Crippen MR) is 88.1 cm³/mol. The standard InChI is InChI=1S/C18H18O3S/c1-12(22(20)11-18(19)21-2)13-7-8-17-15(9-13)10-14-5-3-4-6-16(14)17/h3-9,12H,10-11H2,1-2H3. The van der Waals surface area contributed by atoms with Crippen LogP contribution in [0.5, 0.6) is 0 Å². The Morgan fingerprint density at radius 3 is 2.68 bits per heavy atom. The number of esters is 1. The van der Waals surface area contributed by atoms with Gasteiger partial charge < -0.3 is 4.74 Å². The molecule has 0 fully saturated rings. The fourth-order valence-corrected chi connectivity index (χ4v) is 3.92. The molecule has 0 amide bonds. The van der Waals surface area contributed by atoms with Crippen molar-refractivity contribution in [2.24, 2.45) is 0 Å². The Kier molecular flexibility index (Phi) is 4.12. The molecule has 0 bridgehead atoms. The topological polar surface area (TPSA) is 43.4 Å². The van der Waals surface area contributed by atoms with Crippen LogP contribution in [0.1, 0.15) is 28.9 Å². The lowest BCUT2D eigenvalue weighted by Gasteiger charge is -2.13. The zero-order valence-corrected chi connectivity index (χ0v) is 13.5. The van der Waals surface area contributed by atoms with E-state index in [2.05, 4.69) is 41.1 Å². The zero-order valence-electron chi connectivity index (χ0n) is 12.7. The number of hydrogen-bond acceptors (Lipinski definition) is 3. The van der Waals surface area contributed by atoms with Crippen LogP contribution in [-0.4, -0.2) is 23.0 Å². The third-order valence-electron chi connectivity index (χ3n) is 4.17. The molecule has 114 valence electrons. The van der Waals surface area contributed by atoms with Gasteiger partial charge in [0.05, 0.1) is 12.4 Å². The van der Waals surface area contributed by atoms with Crippen molar-refractivity contribution < 1.29 is 13.7 Å². The van der Waals surface area contributed by atoms with E-state index in [9.17, 15) is 9.00 Å². The van der Waals surface area contributed by atoms with Crippen molar-refractivity contribution >= 4 is 16.8 Å². The quantitative estimate of drug-likeness (QED) is 0.694. The first-order valence-corrected chi connectivity index (χ1v) is 8.63. The average Bonchev–Trinajstić information content (AvgIpc) is 2.91. The van der Waals surface area contributed by atoms with Crippen molar-refractivity contribution in [1.29, 1.82) is 0 Å². The minimum Gasteiger partial charge on any atom is -0.468 e. The molecule has 0 aromatic heterocycles. The molecule has 2 unspecified atom stereocenters. The number of carbonyl (C=O) groups is 1. The maximum absolute atomic E-state index is 12.2. The smallest absolute Gasteiger partial charge is 0.318 e. The van der Waals surface area contributed by atoms with Gasteiger partial charge in [-0.25, -0.2) is 0 Å². The van der Waals surface area contributed by atoms with Crippen LogP contribution in [0.3, 0.4) is 0 Å². The van der Waals surface area contributed by atoms with Gasteiger partial charge in [0.25, 0.3) is 0 Å². The van der Waals surface area contributed by atoms with Gasteiger partial charge >= 0.3 is 5.97 Å². The highest BCUT2D eigenvalue weighted by Crippen LogP contribution is 2.38. The Bertz CT molecular complexity index is 752. The van der Waals surface area contributed by atoms with Crippen molar-refractivity contribution in [2.45, 2.75) is 18.6 Å². The average molecular weight is 314 g/mol. The molecule has 1 aliphatic rings. The molecule has 0 N–H and O–H groups in total. The lowest BCUT2D eigenvalue weighted by molar-refractivity contribution is -0.137.